The van der Waals surface area contributed by atoms with E-state index < -0.39 is 16.0 Å². The predicted molar refractivity (Wildman–Crippen MR) is 112 cm³/mol. The second-order valence-corrected chi connectivity index (χ2v) is 8.03. The number of unbranched alkanes of at least 4 members (excludes halogenated alkanes) is 1. The van der Waals surface area contributed by atoms with Crippen LogP contribution in [0.3, 0.4) is 0 Å². The molecule has 0 fully saturated rings. The minimum atomic E-state index is -3.94. The zero-order valence-electron chi connectivity index (χ0n) is 16.9. The SMILES string of the molecule is CCCCN(CC)c1ncc(C(=O)O)cc1NS(=O)(=O)c1ccc(OCC)cc1. The fraction of sp³-hybridized carbons (Fsp3) is 0.400. The zero-order chi connectivity index (χ0) is 21.4. The lowest BCUT2D eigenvalue weighted by Gasteiger charge is -2.25. The van der Waals surface area contributed by atoms with Crippen LogP contribution in [-0.4, -0.2) is 44.2 Å². The number of hydrogen-bond acceptors (Lipinski definition) is 6. The Bertz CT molecular complexity index is 930. The third-order valence-electron chi connectivity index (χ3n) is 4.27. The Morgan fingerprint density at radius 1 is 1.21 bits per heavy atom. The molecule has 0 aliphatic carbocycles. The molecule has 0 aliphatic heterocycles. The van der Waals surface area contributed by atoms with Crippen LogP contribution < -0.4 is 14.4 Å². The lowest BCUT2D eigenvalue weighted by molar-refractivity contribution is 0.0696. The molecule has 0 saturated heterocycles. The highest BCUT2D eigenvalue weighted by molar-refractivity contribution is 7.92. The summed E-state index contributed by atoms with van der Waals surface area (Å²) in [5.74, 6) is -0.207. The molecule has 1 aromatic carbocycles. The van der Waals surface area contributed by atoms with Gasteiger partial charge in [0.25, 0.3) is 10.0 Å². The molecule has 0 saturated carbocycles. The van der Waals surface area contributed by atoms with E-state index in [0.717, 1.165) is 12.8 Å². The average Bonchev–Trinajstić information content (AvgIpc) is 2.69. The molecule has 29 heavy (non-hydrogen) atoms. The molecule has 0 atom stereocenters. The van der Waals surface area contributed by atoms with Crippen LogP contribution >= 0.6 is 0 Å². The Morgan fingerprint density at radius 3 is 2.45 bits per heavy atom. The van der Waals surface area contributed by atoms with E-state index in [2.05, 4.69) is 16.6 Å². The maximum Gasteiger partial charge on any atom is 0.337 e. The van der Waals surface area contributed by atoms with Gasteiger partial charge in [-0.1, -0.05) is 13.3 Å². The molecule has 0 aliphatic rings. The number of pyridine rings is 1. The van der Waals surface area contributed by atoms with E-state index in [0.29, 0.717) is 31.3 Å². The zero-order valence-corrected chi connectivity index (χ0v) is 17.7. The van der Waals surface area contributed by atoms with Crippen molar-refractivity contribution in [2.45, 2.75) is 38.5 Å². The van der Waals surface area contributed by atoms with Crippen LogP contribution in [0, 0.1) is 0 Å². The average molecular weight is 422 g/mol. The van der Waals surface area contributed by atoms with Gasteiger partial charge in [-0.25, -0.2) is 18.2 Å². The Balaban J connectivity index is 2.41. The van der Waals surface area contributed by atoms with E-state index >= 15 is 0 Å². The van der Waals surface area contributed by atoms with Gasteiger partial charge >= 0.3 is 5.97 Å². The lowest BCUT2D eigenvalue weighted by atomic mass is 10.2. The number of ether oxygens (including phenoxy) is 1. The van der Waals surface area contributed by atoms with Crippen LogP contribution in [-0.2, 0) is 10.0 Å². The van der Waals surface area contributed by atoms with Gasteiger partial charge in [-0.05, 0) is 50.6 Å². The third-order valence-corrected chi connectivity index (χ3v) is 5.65. The number of carboxylic acid groups (broad SMARTS) is 1. The monoisotopic (exact) mass is 421 g/mol. The Kier molecular flexibility index (Phi) is 7.83. The molecule has 2 rings (SSSR count). The number of aromatic carboxylic acids is 1. The molecule has 1 heterocycles. The molecule has 0 amide bonds. The van der Waals surface area contributed by atoms with Gasteiger partial charge in [-0.15, -0.1) is 0 Å². The summed E-state index contributed by atoms with van der Waals surface area (Å²) in [5, 5.41) is 9.29. The molecule has 1 aromatic heterocycles. The van der Waals surface area contributed by atoms with Crippen LogP contribution in [0.25, 0.3) is 0 Å². The second-order valence-electron chi connectivity index (χ2n) is 6.34. The topological polar surface area (TPSA) is 109 Å². The first-order valence-corrected chi connectivity index (χ1v) is 11.0. The van der Waals surface area contributed by atoms with Crippen molar-refractivity contribution >= 4 is 27.5 Å². The van der Waals surface area contributed by atoms with E-state index in [1.54, 1.807) is 12.1 Å². The molecule has 0 radical (unpaired) electrons. The van der Waals surface area contributed by atoms with E-state index in [1.165, 1.54) is 24.4 Å². The minimum Gasteiger partial charge on any atom is -0.494 e. The van der Waals surface area contributed by atoms with Crippen molar-refractivity contribution in [2.75, 3.05) is 29.3 Å². The summed E-state index contributed by atoms with van der Waals surface area (Å²) in [7, 11) is -3.94. The van der Waals surface area contributed by atoms with Gasteiger partial charge in [0, 0.05) is 19.3 Å². The number of benzene rings is 1. The maximum atomic E-state index is 12.9. The normalized spacial score (nSPS) is 11.1. The first-order valence-electron chi connectivity index (χ1n) is 9.56. The molecule has 9 heteroatoms. The molecular formula is C20H27N3O5S. The number of carbonyl (C=O) groups is 1. The largest absolute Gasteiger partial charge is 0.494 e. The molecule has 0 bridgehead atoms. The summed E-state index contributed by atoms with van der Waals surface area (Å²) in [6.07, 6.45) is 3.11. The summed E-state index contributed by atoms with van der Waals surface area (Å²) in [4.78, 5) is 17.6. The number of nitrogens with zero attached hydrogens (tertiary/aromatic N) is 2. The molecule has 0 spiro atoms. The maximum absolute atomic E-state index is 12.9. The van der Waals surface area contributed by atoms with Crippen LogP contribution in [0.4, 0.5) is 11.5 Å². The third kappa shape index (κ3) is 5.83. The first kappa shape index (κ1) is 22.5. The summed E-state index contributed by atoms with van der Waals surface area (Å²) in [5.41, 5.74) is 0.0430. The smallest absolute Gasteiger partial charge is 0.337 e. The highest BCUT2D eigenvalue weighted by Gasteiger charge is 2.21. The number of sulfonamides is 1. The van der Waals surface area contributed by atoms with E-state index in [9.17, 15) is 18.3 Å². The number of carboxylic acids is 1. The van der Waals surface area contributed by atoms with Crippen molar-refractivity contribution < 1.29 is 23.1 Å². The van der Waals surface area contributed by atoms with Gasteiger partial charge in [-0.2, -0.15) is 0 Å². The Morgan fingerprint density at radius 2 is 1.90 bits per heavy atom. The minimum absolute atomic E-state index is 0.0456. The first-order chi connectivity index (χ1) is 13.8. The van der Waals surface area contributed by atoms with E-state index in [1.807, 2.05) is 18.7 Å². The van der Waals surface area contributed by atoms with E-state index in [-0.39, 0.29) is 16.1 Å². The molecule has 8 nitrogen and oxygen atoms in total. The van der Waals surface area contributed by atoms with Crippen molar-refractivity contribution in [1.29, 1.82) is 0 Å². The highest BCUT2D eigenvalue weighted by atomic mass is 32.2. The van der Waals surface area contributed by atoms with Gasteiger partial charge in [0.2, 0.25) is 0 Å². The van der Waals surface area contributed by atoms with Crippen molar-refractivity contribution in [3.05, 3.63) is 42.1 Å². The fourth-order valence-corrected chi connectivity index (χ4v) is 3.80. The van der Waals surface area contributed by atoms with E-state index in [4.69, 9.17) is 4.74 Å². The molecular weight excluding hydrogens is 394 g/mol. The number of hydrogen-bond donors (Lipinski definition) is 2. The van der Waals surface area contributed by atoms with Crippen molar-refractivity contribution in [3.8, 4) is 5.75 Å². The highest BCUT2D eigenvalue weighted by Crippen LogP contribution is 2.28. The van der Waals surface area contributed by atoms with Crippen LogP contribution in [0.2, 0.25) is 0 Å². The van der Waals surface area contributed by atoms with Crippen molar-refractivity contribution in [3.63, 3.8) is 0 Å². The second kappa shape index (κ2) is 10.1. The van der Waals surface area contributed by atoms with Crippen LogP contribution in [0.5, 0.6) is 5.75 Å². The number of nitrogens with one attached hydrogen (secondary N) is 1. The van der Waals surface area contributed by atoms with Gasteiger partial charge in [0.15, 0.2) is 5.82 Å². The van der Waals surface area contributed by atoms with Gasteiger partial charge in [-0.3, -0.25) is 4.72 Å². The van der Waals surface area contributed by atoms with Crippen LogP contribution in [0.1, 0.15) is 44.0 Å². The number of anilines is 2. The Labute approximate surface area is 171 Å². The fourth-order valence-electron chi connectivity index (χ4n) is 2.75. The Hall–Kier alpha value is -2.81. The summed E-state index contributed by atoms with van der Waals surface area (Å²) >= 11 is 0. The van der Waals surface area contributed by atoms with Crippen molar-refractivity contribution in [2.24, 2.45) is 0 Å². The molecule has 158 valence electrons. The van der Waals surface area contributed by atoms with Crippen molar-refractivity contribution in [1.82, 2.24) is 4.98 Å². The summed E-state index contributed by atoms with van der Waals surface area (Å²) in [6.45, 7) is 7.61. The predicted octanol–water partition coefficient (Wildman–Crippen LogP) is 3.61. The van der Waals surface area contributed by atoms with Gasteiger partial charge in [0.1, 0.15) is 5.75 Å². The molecule has 0 unspecified atom stereocenters. The quantitative estimate of drug-likeness (QED) is 0.570. The summed E-state index contributed by atoms with van der Waals surface area (Å²) < 4.78 is 33.6. The molecule has 2 N–H and O–H groups in total. The van der Waals surface area contributed by atoms with Gasteiger partial charge < -0.3 is 14.7 Å². The molecule has 2 aromatic rings. The summed E-state index contributed by atoms with van der Waals surface area (Å²) in [6, 6.07) is 7.33. The standard InChI is InChI=1S/C20H27N3O5S/c1-4-7-12-23(5-2)19-18(13-15(14-21-19)20(24)25)22-29(26,27)17-10-8-16(9-11-17)28-6-3/h8-11,13-14,22H,4-7,12H2,1-3H3,(H,24,25). The van der Waals surface area contributed by atoms with Gasteiger partial charge in [0.05, 0.1) is 22.8 Å². The number of aromatic nitrogens is 1. The lowest BCUT2D eigenvalue weighted by Crippen LogP contribution is -2.27. The number of rotatable bonds is 11. The van der Waals surface area contributed by atoms with Crippen LogP contribution in [0.15, 0.2) is 41.4 Å².